The maximum Gasteiger partial charge on any atom is 0.410 e. The van der Waals surface area contributed by atoms with Gasteiger partial charge >= 0.3 is 6.09 Å². The fraction of sp³-hybridized carbons (Fsp3) is 0.632. The Labute approximate surface area is 167 Å². The second kappa shape index (κ2) is 5.70. The van der Waals surface area contributed by atoms with Crippen molar-refractivity contribution in [3.8, 4) is 0 Å². The average Bonchev–Trinajstić information content (AvgIpc) is 3.24. The molecule has 0 radical (unpaired) electrons. The molecule has 0 atom stereocenters. The maximum atomic E-state index is 12.2. The summed E-state index contributed by atoms with van der Waals surface area (Å²) in [5.74, 6) is 0.630. The van der Waals surface area contributed by atoms with E-state index in [0.29, 0.717) is 11.1 Å². The minimum absolute atomic E-state index is 0.197. The second-order valence-corrected chi connectivity index (χ2v) is 10.5. The van der Waals surface area contributed by atoms with Crippen molar-refractivity contribution < 1.29 is 9.53 Å². The third kappa shape index (κ3) is 3.05. The zero-order valence-electron chi connectivity index (χ0n) is 15.8. The van der Waals surface area contributed by atoms with E-state index in [1.807, 2.05) is 31.7 Å². The summed E-state index contributed by atoms with van der Waals surface area (Å²) in [5.41, 5.74) is 1.19. The minimum atomic E-state index is -0.440. The van der Waals surface area contributed by atoms with Gasteiger partial charge in [-0.2, -0.15) is 0 Å². The number of hydrogen-bond donors (Lipinski definition) is 0. The number of fused-ring (bicyclic) bond motifs is 1. The summed E-state index contributed by atoms with van der Waals surface area (Å²) in [7, 11) is 0. The van der Waals surface area contributed by atoms with Crippen LogP contribution in [-0.4, -0.2) is 53.0 Å². The maximum absolute atomic E-state index is 12.2. The minimum Gasteiger partial charge on any atom is -0.444 e. The van der Waals surface area contributed by atoms with Crippen molar-refractivity contribution in [3.05, 3.63) is 16.8 Å². The van der Waals surface area contributed by atoms with Gasteiger partial charge in [-0.15, -0.1) is 10.2 Å². The van der Waals surface area contributed by atoms with Gasteiger partial charge < -0.3 is 14.5 Å². The Bertz CT molecular complexity index is 920. The average molecular weight is 407 g/mol. The third-order valence-electron chi connectivity index (χ3n) is 5.47. The molecular formula is C19H23ClN4O2S. The zero-order chi connectivity index (χ0) is 19.0. The van der Waals surface area contributed by atoms with Crippen molar-refractivity contribution in [1.29, 1.82) is 0 Å². The summed E-state index contributed by atoms with van der Waals surface area (Å²) < 4.78 is 5.47. The number of rotatable bonds is 2. The molecule has 2 aromatic heterocycles. The number of amides is 1. The smallest absolute Gasteiger partial charge is 0.410 e. The fourth-order valence-electron chi connectivity index (χ4n) is 4.21. The van der Waals surface area contributed by atoms with Crippen LogP contribution in [0.1, 0.15) is 45.1 Å². The molecule has 1 amide bonds. The van der Waals surface area contributed by atoms with Crippen molar-refractivity contribution in [2.24, 2.45) is 5.41 Å². The fourth-order valence-corrected chi connectivity index (χ4v) is 5.55. The first kappa shape index (κ1) is 17.5. The standard InChI is InChI=1S/C19H23ClN4O2S/c1-18(2,3)26-17(25)24-9-19(10-24)7-23(8-19)16-14(11-4-5-11)12-6-13(20)21-22-15(12)27-16/h6,11H,4-5,7-10H2,1-3H3. The number of thiophene rings is 1. The highest BCUT2D eigenvalue weighted by molar-refractivity contribution is 7.22. The molecule has 1 spiro atoms. The van der Waals surface area contributed by atoms with Crippen LogP contribution in [0.3, 0.4) is 0 Å². The van der Waals surface area contributed by atoms with Crippen LogP contribution < -0.4 is 4.90 Å². The Morgan fingerprint density at radius 3 is 2.59 bits per heavy atom. The molecule has 5 rings (SSSR count). The Morgan fingerprint density at radius 1 is 1.26 bits per heavy atom. The van der Waals surface area contributed by atoms with E-state index in [0.717, 1.165) is 31.0 Å². The van der Waals surface area contributed by atoms with Crippen molar-refractivity contribution in [3.63, 3.8) is 0 Å². The van der Waals surface area contributed by atoms with Crippen LogP contribution in [0, 0.1) is 5.41 Å². The van der Waals surface area contributed by atoms with Crippen LogP contribution in [0.25, 0.3) is 10.2 Å². The highest BCUT2D eigenvalue weighted by Gasteiger charge is 2.55. The van der Waals surface area contributed by atoms with Crippen LogP contribution in [-0.2, 0) is 4.74 Å². The van der Waals surface area contributed by atoms with Crippen LogP contribution in [0.4, 0.5) is 9.80 Å². The van der Waals surface area contributed by atoms with E-state index in [1.54, 1.807) is 11.3 Å². The molecular weight excluding hydrogens is 384 g/mol. The number of carbonyl (C=O) groups excluding carboxylic acids is 1. The number of aromatic nitrogens is 2. The quantitative estimate of drug-likeness (QED) is 0.745. The van der Waals surface area contributed by atoms with Crippen molar-refractivity contribution in [2.75, 3.05) is 31.1 Å². The molecule has 8 heteroatoms. The first-order valence-corrected chi connectivity index (χ1v) is 10.6. The van der Waals surface area contributed by atoms with Gasteiger partial charge in [-0.05, 0) is 51.2 Å². The van der Waals surface area contributed by atoms with Crippen molar-refractivity contribution >= 4 is 44.2 Å². The number of nitrogens with zero attached hydrogens (tertiary/aromatic N) is 4. The SMILES string of the molecule is CC(C)(C)OC(=O)N1CC2(C1)CN(c1sc3nnc(Cl)cc3c1C1CC1)C2. The van der Waals surface area contributed by atoms with Crippen LogP contribution in [0.15, 0.2) is 6.07 Å². The molecule has 2 aromatic rings. The van der Waals surface area contributed by atoms with Gasteiger partial charge in [0.25, 0.3) is 0 Å². The van der Waals surface area contributed by atoms with Gasteiger partial charge in [0.2, 0.25) is 0 Å². The number of ether oxygens (including phenoxy) is 1. The summed E-state index contributed by atoms with van der Waals surface area (Å²) in [4.78, 5) is 17.4. The monoisotopic (exact) mass is 406 g/mol. The van der Waals surface area contributed by atoms with Gasteiger partial charge in [0, 0.05) is 37.0 Å². The van der Waals surface area contributed by atoms with Gasteiger partial charge in [-0.1, -0.05) is 22.9 Å². The Morgan fingerprint density at radius 2 is 1.96 bits per heavy atom. The van der Waals surface area contributed by atoms with Crippen LogP contribution >= 0.6 is 22.9 Å². The van der Waals surface area contributed by atoms with E-state index < -0.39 is 5.60 Å². The van der Waals surface area contributed by atoms with Gasteiger partial charge in [0.05, 0.1) is 5.00 Å². The van der Waals surface area contributed by atoms with Gasteiger partial charge in [0.1, 0.15) is 10.4 Å². The molecule has 3 fully saturated rings. The lowest BCUT2D eigenvalue weighted by atomic mass is 9.73. The van der Waals surface area contributed by atoms with E-state index >= 15 is 0 Å². The summed E-state index contributed by atoms with van der Waals surface area (Å²) in [6.45, 7) is 9.26. The highest BCUT2D eigenvalue weighted by atomic mass is 35.5. The van der Waals surface area contributed by atoms with Crippen LogP contribution in [0.2, 0.25) is 5.15 Å². The molecule has 1 saturated carbocycles. The summed E-state index contributed by atoms with van der Waals surface area (Å²) in [6, 6.07) is 1.96. The topological polar surface area (TPSA) is 58.6 Å². The van der Waals surface area contributed by atoms with E-state index in [1.165, 1.54) is 28.8 Å². The van der Waals surface area contributed by atoms with E-state index in [4.69, 9.17) is 16.3 Å². The predicted octanol–water partition coefficient (Wildman–Crippen LogP) is 4.28. The van der Waals surface area contributed by atoms with Crippen molar-refractivity contribution in [1.82, 2.24) is 15.1 Å². The molecule has 27 heavy (non-hydrogen) atoms. The summed E-state index contributed by atoms with van der Waals surface area (Å²) in [6.07, 6.45) is 2.28. The lowest BCUT2D eigenvalue weighted by molar-refractivity contribution is -0.0451. The molecule has 4 heterocycles. The van der Waals surface area contributed by atoms with E-state index in [2.05, 4.69) is 15.1 Å². The first-order chi connectivity index (χ1) is 12.7. The molecule has 0 bridgehead atoms. The van der Waals surface area contributed by atoms with Gasteiger partial charge in [-0.3, -0.25) is 0 Å². The number of anilines is 1. The third-order valence-corrected chi connectivity index (χ3v) is 6.82. The normalized spacial score (nSPS) is 21.3. The molecule has 2 aliphatic heterocycles. The van der Waals surface area contributed by atoms with Gasteiger partial charge in [-0.25, -0.2) is 4.79 Å². The molecule has 0 N–H and O–H groups in total. The molecule has 0 aromatic carbocycles. The number of likely N-dealkylation sites (tertiary alicyclic amines) is 1. The van der Waals surface area contributed by atoms with Crippen LogP contribution in [0.5, 0.6) is 0 Å². The number of halogens is 1. The lowest BCUT2D eigenvalue weighted by Gasteiger charge is -2.60. The predicted molar refractivity (Wildman–Crippen MR) is 107 cm³/mol. The number of hydrogen-bond acceptors (Lipinski definition) is 6. The van der Waals surface area contributed by atoms with Gasteiger partial charge in [0.15, 0.2) is 5.15 Å². The Hall–Kier alpha value is -1.60. The molecule has 3 aliphatic rings. The molecule has 2 saturated heterocycles. The second-order valence-electron chi connectivity index (χ2n) is 9.17. The van der Waals surface area contributed by atoms with E-state index in [9.17, 15) is 4.79 Å². The number of carbonyl (C=O) groups is 1. The summed E-state index contributed by atoms with van der Waals surface area (Å²) in [5, 5.41) is 11.3. The first-order valence-electron chi connectivity index (χ1n) is 9.42. The molecule has 144 valence electrons. The Kier molecular flexibility index (Phi) is 3.70. The van der Waals surface area contributed by atoms with Crippen molar-refractivity contribution in [2.45, 2.75) is 45.1 Å². The zero-order valence-corrected chi connectivity index (χ0v) is 17.4. The molecule has 0 unspecified atom stereocenters. The molecule has 6 nitrogen and oxygen atoms in total. The summed E-state index contributed by atoms with van der Waals surface area (Å²) >= 11 is 7.81. The molecule has 1 aliphatic carbocycles. The highest BCUT2D eigenvalue weighted by Crippen LogP contribution is 2.54. The Balaban J connectivity index is 1.30. The lowest BCUT2D eigenvalue weighted by Crippen LogP contribution is -2.73. The van der Waals surface area contributed by atoms with E-state index in [-0.39, 0.29) is 11.5 Å². The largest absolute Gasteiger partial charge is 0.444 e.